The van der Waals surface area contributed by atoms with Crippen molar-refractivity contribution in [2.24, 2.45) is 11.5 Å². The number of nitrogens with zero attached hydrogens (tertiary/aromatic N) is 1. The standard InChI is InChI=1S/C10H9NO2.C6H9N3O2.C5H9NO4/c1-6-4-10(12)13-9-5-7(11)2-3-8(6)9;7-5(6(10)11)1-4-2-8-3-9-4;6-3(5(9)10)1-2-4(7)8/h2-5H,11H2,1H3;2-3,5H,1,7H2,(H,8,9)(H,10,11);3H,1-2,6H2,(H,7,8)(H,9,10)/t;5-;3-/m.00/s1. The fraction of sp³-hybridized carbons (Fsp3) is 0.286. The lowest BCUT2D eigenvalue weighted by atomic mass is 10.1. The van der Waals surface area contributed by atoms with Gasteiger partial charge < -0.3 is 41.9 Å². The first kappa shape index (κ1) is 27.8. The number of nitrogen functional groups attached to an aromatic ring is 1. The van der Waals surface area contributed by atoms with Crippen LogP contribution >= 0.6 is 0 Å². The molecule has 184 valence electrons. The van der Waals surface area contributed by atoms with Crippen LogP contribution in [0.4, 0.5) is 5.69 Å². The van der Waals surface area contributed by atoms with E-state index < -0.39 is 30.0 Å². The van der Waals surface area contributed by atoms with Crippen LogP contribution in [0.5, 0.6) is 0 Å². The monoisotopic (exact) mass is 477 g/mol. The van der Waals surface area contributed by atoms with Crippen LogP contribution in [0.15, 0.2) is 46.0 Å². The van der Waals surface area contributed by atoms with Crippen molar-refractivity contribution in [3.63, 3.8) is 0 Å². The zero-order chi connectivity index (χ0) is 25.8. The number of imidazole rings is 1. The van der Waals surface area contributed by atoms with Crippen LogP contribution in [0, 0.1) is 6.92 Å². The number of benzene rings is 1. The molecule has 0 amide bonds. The molecule has 0 aliphatic rings. The van der Waals surface area contributed by atoms with E-state index in [1.807, 2.05) is 13.0 Å². The summed E-state index contributed by atoms with van der Waals surface area (Å²) in [7, 11) is 0. The van der Waals surface area contributed by atoms with Gasteiger partial charge in [-0.25, -0.2) is 9.78 Å². The van der Waals surface area contributed by atoms with Crippen molar-refractivity contribution in [1.82, 2.24) is 9.97 Å². The Labute approximate surface area is 193 Å². The smallest absolute Gasteiger partial charge is 0.336 e. The Morgan fingerprint density at radius 1 is 1.09 bits per heavy atom. The van der Waals surface area contributed by atoms with Crippen LogP contribution < -0.4 is 22.8 Å². The maximum Gasteiger partial charge on any atom is 0.336 e. The number of aryl methyl sites for hydroxylation is 1. The molecule has 3 rings (SSSR count). The van der Waals surface area contributed by atoms with E-state index in [0.717, 1.165) is 16.6 Å². The van der Waals surface area contributed by atoms with Gasteiger partial charge in [0.25, 0.3) is 0 Å². The van der Waals surface area contributed by atoms with E-state index in [4.69, 9.17) is 36.9 Å². The van der Waals surface area contributed by atoms with Gasteiger partial charge in [0, 0.05) is 47.9 Å². The Morgan fingerprint density at radius 2 is 1.74 bits per heavy atom. The van der Waals surface area contributed by atoms with E-state index in [9.17, 15) is 19.2 Å². The number of H-pyrrole nitrogens is 1. The van der Waals surface area contributed by atoms with Crippen molar-refractivity contribution in [3.05, 3.63) is 58.5 Å². The van der Waals surface area contributed by atoms with Crippen molar-refractivity contribution < 1.29 is 34.1 Å². The number of carbonyl (C=O) groups is 3. The molecule has 0 aliphatic carbocycles. The van der Waals surface area contributed by atoms with Gasteiger partial charge in [0.05, 0.1) is 6.33 Å². The molecule has 10 N–H and O–H groups in total. The summed E-state index contributed by atoms with van der Waals surface area (Å²) in [6.45, 7) is 1.87. The van der Waals surface area contributed by atoms with Crippen molar-refractivity contribution in [2.75, 3.05) is 5.73 Å². The largest absolute Gasteiger partial charge is 0.481 e. The molecule has 0 bridgehead atoms. The number of nitrogens with one attached hydrogen (secondary N) is 1. The third kappa shape index (κ3) is 9.93. The second-order valence-electron chi connectivity index (χ2n) is 7.11. The number of hydrogen-bond acceptors (Lipinski definition) is 9. The first-order chi connectivity index (χ1) is 15.9. The van der Waals surface area contributed by atoms with Gasteiger partial charge in [-0.3, -0.25) is 14.4 Å². The zero-order valence-electron chi connectivity index (χ0n) is 18.3. The molecule has 0 saturated heterocycles. The highest BCUT2D eigenvalue weighted by Gasteiger charge is 2.12. The quantitative estimate of drug-likeness (QED) is 0.179. The Bertz CT molecular complexity index is 1160. The van der Waals surface area contributed by atoms with Gasteiger partial charge >= 0.3 is 23.5 Å². The van der Waals surface area contributed by atoms with Gasteiger partial charge in [-0.1, -0.05) is 0 Å². The third-order valence-electron chi connectivity index (χ3n) is 4.27. The highest BCUT2D eigenvalue weighted by Crippen LogP contribution is 2.18. The van der Waals surface area contributed by atoms with Crippen molar-refractivity contribution in [2.45, 2.75) is 38.3 Å². The Morgan fingerprint density at radius 3 is 2.26 bits per heavy atom. The second-order valence-corrected chi connectivity index (χ2v) is 7.11. The average Bonchev–Trinajstić information content (AvgIpc) is 3.25. The van der Waals surface area contributed by atoms with E-state index in [1.54, 1.807) is 18.3 Å². The summed E-state index contributed by atoms with van der Waals surface area (Å²) < 4.78 is 4.99. The maximum absolute atomic E-state index is 11.0. The second kappa shape index (κ2) is 13.3. The van der Waals surface area contributed by atoms with Crippen molar-refractivity contribution in [1.29, 1.82) is 0 Å². The summed E-state index contributed by atoms with van der Waals surface area (Å²) in [4.78, 5) is 47.6. The van der Waals surface area contributed by atoms with E-state index >= 15 is 0 Å². The lowest BCUT2D eigenvalue weighted by molar-refractivity contribution is -0.140. The molecule has 0 spiro atoms. The Balaban J connectivity index is 0.000000258. The Hall–Kier alpha value is -4.23. The molecule has 0 fully saturated rings. The predicted molar refractivity (Wildman–Crippen MR) is 122 cm³/mol. The summed E-state index contributed by atoms with van der Waals surface area (Å²) >= 11 is 0. The number of hydrogen-bond donors (Lipinski definition) is 7. The van der Waals surface area contributed by atoms with E-state index in [2.05, 4.69) is 9.97 Å². The number of anilines is 1. The normalized spacial score (nSPS) is 11.9. The first-order valence-corrected chi connectivity index (χ1v) is 9.86. The zero-order valence-corrected chi connectivity index (χ0v) is 18.3. The lowest BCUT2D eigenvalue weighted by Crippen LogP contribution is -2.32. The first-order valence-electron chi connectivity index (χ1n) is 9.86. The summed E-state index contributed by atoms with van der Waals surface area (Å²) in [6.07, 6.45) is 3.11. The van der Waals surface area contributed by atoms with E-state index in [-0.39, 0.29) is 24.9 Å². The number of nitrogens with two attached hydrogens (primary N) is 3. The van der Waals surface area contributed by atoms with Crippen LogP contribution in [-0.2, 0) is 20.8 Å². The fourth-order valence-electron chi connectivity index (χ4n) is 2.46. The molecule has 0 aliphatic heterocycles. The molecule has 13 heteroatoms. The molecule has 34 heavy (non-hydrogen) atoms. The van der Waals surface area contributed by atoms with Crippen molar-refractivity contribution in [3.8, 4) is 0 Å². The molecular weight excluding hydrogens is 450 g/mol. The van der Waals surface area contributed by atoms with Crippen LogP contribution in [0.3, 0.4) is 0 Å². The molecule has 0 radical (unpaired) electrons. The molecule has 13 nitrogen and oxygen atoms in total. The third-order valence-corrected chi connectivity index (χ3v) is 4.27. The number of rotatable bonds is 7. The number of aliphatic carboxylic acids is 3. The average molecular weight is 477 g/mol. The minimum Gasteiger partial charge on any atom is -0.481 e. The Kier molecular flexibility index (Phi) is 10.9. The number of fused-ring (bicyclic) bond motifs is 1. The maximum atomic E-state index is 11.0. The van der Waals surface area contributed by atoms with Gasteiger partial charge in [-0.2, -0.15) is 0 Å². The van der Waals surface area contributed by atoms with Crippen LogP contribution in [0.2, 0.25) is 0 Å². The SMILES string of the molecule is Cc1cc(=O)oc2cc(N)ccc12.N[C@@H](CCC(=O)O)C(=O)O.N[C@@H](Cc1cnc[nH]1)C(=O)O. The van der Waals surface area contributed by atoms with Gasteiger partial charge in [0.1, 0.15) is 17.7 Å². The minimum atomic E-state index is -1.17. The molecule has 2 aromatic heterocycles. The minimum absolute atomic E-state index is 0.0231. The lowest BCUT2D eigenvalue weighted by Gasteiger charge is -2.02. The molecule has 2 atom stereocenters. The summed E-state index contributed by atoms with van der Waals surface area (Å²) in [5.41, 5.74) is 18.3. The van der Waals surface area contributed by atoms with Gasteiger partial charge in [-0.05, 0) is 31.0 Å². The van der Waals surface area contributed by atoms with Gasteiger partial charge in [-0.15, -0.1) is 0 Å². The predicted octanol–water partition coefficient (Wildman–Crippen LogP) is 0.311. The highest BCUT2D eigenvalue weighted by molar-refractivity contribution is 5.82. The van der Waals surface area contributed by atoms with E-state index in [1.165, 1.54) is 12.4 Å². The molecule has 2 heterocycles. The van der Waals surface area contributed by atoms with Gasteiger partial charge in [0.2, 0.25) is 0 Å². The number of carboxylic acids is 3. The molecule has 0 saturated carbocycles. The molecular formula is C21H27N5O8. The van der Waals surface area contributed by atoms with E-state index in [0.29, 0.717) is 11.3 Å². The molecule has 3 aromatic rings. The molecule has 0 unspecified atom stereocenters. The van der Waals surface area contributed by atoms with Crippen molar-refractivity contribution >= 4 is 34.6 Å². The van der Waals surface area contributed by atoms with Crippen LogP contribution in [0.1, 0.15) is 24.1 Å². The highest BCUT2D eigenvalue weighted by atomic mass is 16.4. The van der Waals surface area contributed by atoms with Gasteiger partial charge in [0.15, 0.2) is 0 Å². The van der Waals surface area contributed by atoms with Crippen LogP contribution in [-0.4, -0.2) is 55.3 Å². The summed E-state index contributed by atoms with van der Waals surface area (Å²) in [5.74, 6) is -3.20. The topological polar surface area (TPSA) is 249 Å². The fourth-order valence-corrected chi connectivity index (χ4v) is 2.46. The molecule has 1 aromatic carbocycles. The number of aromatic nitrogens is 2. The van der Waals surface area contributed by atoms with Crippen LogP contribution in [0.25, 0.3) is 11.0 Å². The number of aromatic amines is 1. The summed E-state index contributed by atoms with van der Waals surface area (Å²) in [5, 5.41) is 25.6. The summed E-state index contributed by atoms with van der Waals surface area (Å²) in [6, 6.07) is 4.85. The number of carboxylic acid groups (broad SMARTS) is 3.